The van der Waals surface area contributed by atoms with Crippen LogP contribution >= 0.6 is 0 Å². The zero-order valence-corrected chi connectivity index (χ0v) is 4.74. The van der Waals surface area contributed by atoms with Crippen molar-refractivity contribution in [1.29, 1.82) is 0 Å². The second-order valence-corrected chi connectivity index (χ2v) is 1.67. The molecule has 5 heteroatoms. The minimum absolute atomic E-state index is 0.792. The molecular weight excluding hydrogens is 122 g/mol. The van der Waals surface area contributed by atoms with Gasteiger partial charge in [-0.05, 0) is 6.08 Å². The summed E-state index contributed by atoms with van der Waals surface area (Å²) in [6.45, 7) is 0. The Morgan fingerprint density at radius 3 is 2.00 bits per heavy atom. The van der Waals surface area contributed by atoms with Crippen molar-refractivity contribution in [3.63, 3.8) is 0 Å². The first-order valence-corrected chi connectivity index (χ1v) is 2.20. The first kappa shape index (κ1) is 8.09. The molecule has 0 amide bonds. The van der Waals surface area contributed by atoms with Crippen LogP contribution in [0.2, 0.25) is 0 Å². The van der Waals surface area contributed by atoms with Crippen LogP contribution in [0.25, 0.3) is 0 Å². The van der Waals surface area contributed by atoms with Gasteiger partial charge < -0.3 is 5.11 Å². The van der Waals surface area contributed by atoms with Crippen molar-refractivity contribution in [3.05, 3.63) is 12.2 Å². The summed E-state index contributed by atoms with van der Waals surface area (Å²) in [4.78, 5) is 9.79. The third-order valence-corrected chi connectivity index (χ3v) is 0.515. The van der Waals surface area contributed by atoms with Crippen LogP contribution in [0, 0.1) is 0 Å². The highest BCUT2D eigenvalue weighted by Crippen LogP contribution is 1.80. The van der Waals surface area contributed by atoms with Crippen LogP contribution < -0.4 is 17.2 Å². The predicted molar refractivity (Wildman–Crippen MR) is 32.1 cm³/mol. The summed E-state index contributed by atoms with van der Waals surface area (Å²) in [6.07, 6.45) is 1.79. The molecule has 0 aliphatic rings. The summed E-state index contributed by atoms with van der Waals surface area (Å²) < 4.78 is 0. The van der Waals surface area contributed by atoms with Gasteiger partial charge in [0.25, 0.3) is 0 Å². The average molecular weight is 131 g/mol. The van der Waals surface area contributed by atoms with Crippen LogP contribution in [0.1, 0.15) is 0 Å². The SMILES string of the molecule is NC(N)(N)/C=C/C(=O)O. The largest absolute Gasteiger partial charge is 0.478 e. The lowest BCUT2D eigenvalue weighted by atomic mass is 10.3. The molecule has 0 unspecified atom stereocenters. The Bertz CT molecular complexity index is 135. The second kappa shape index (κ2) is 2.58. The number of rotatable bonds is 2. The van der Waals surface area contributed by atoms with Gasteiger partial charge >= 0.3 is 5.97 Å². The lowest BCUT2D eigenvalue weighted by molar-refractivity contribution is -0.131. The molecule has 52 valence electrons. The highest BCUT2D eigenvalue weighted by molar-refractivity contribution is 5.79. The lowest BCUT2D eigenvalue weighted by Crippen LogP contribution is -2.56. The fourth-order valence-corrected chi connectivity index (χ4v) is 0.216. The van der Waals surface area contributed by atoms with Crippen molar-refractivity contribution in [3.8, 4) is 0 Å². The van der Waals surface area contributed by atoms with E-state index in [1.807, 2.05) is 0 Å². The number of nitrogens with two attached hydrogens (primary N) is 3. The van der Waals surface area contributed by atoms with Gasteiger partial charge in [0.2, 0.25) is 0 Å². The third-order valence-electron chi connectivity index (χ3n) is 0.515. The van der Waals surface area contributed by atoms with E-state index in [1.54, 1.807) is 0 Å². The summed E-state index contributed by atoms with van der Waals surface area (Å²) in [7, 11) is 0. The van der Waals surface area contributed by atoms with E-state index >= 15 is 0 Å². The van der Waals surface area contributed by atoms with Gasteiger partial charge in [-0.3, -0.25) is 17.2 Å². The molecule has 9 heavy (non-hydrogen) atoms. The van der Waals surface area contributed by atoms with Crippen molar-refractivity contribution >= 4 is 5.97 Å². The average Bonchev–Trinajstić information content (AvgIpc) is 1.59. The van der Waals surface area contributed by atoms with Crippen LogP contribution in [0.3, 0.4) is 0 Å². The molecule has 0 saturated carbocycles. The number of hydrogen-bond donors (Lipinski definition) is 4. The Morgan fingerprint density at radius 1 is 1.44 bits per heavy atom. The highest BCUT2D eigenvalue weighted by Gasteiger charge is 2.04. The smallest absolute Gasteiger partial charge is 0.328 e. The molecule has 5 nitrogen and oxygen atoms in total. The van der Waals surface area contributed by atoms with Crippen LogP contribution in [0.4, 0.5) is 0 Å². The lowest BCUT2D eigenvalue weighted by Gasteiger charge is -2.10. The van der Waals surface area contributed by atoms with E-state index in [9.17, 15) is 4.79 Å². The van der Waals surface area contributed by atoms with Gasteiger partial charge in [-0.15, -0.1) is 0 Å². The van der Waals surface area contributed by atoms with Crippen molar-refractivity contribution in [2.75, 3.05) is 0 Å². The molecule has 0 aliphatic carbocycles. The van der Waals surface area contributed by atoms with E-state index in [1.165, 1.54) is 0 Å². The first-order valence-electron chi connectivity index (χ1n) is 2.20. The minimum Gasteiger partial charge on any atom is -0.478 e. The van der Waals surface area contributed by atoms with Crippen molar-refractivity contribution in [2.45, 2.75) is 5.79 Å². The predicted octanol–water partition coefficient (Wildman–Crippen LogP) is -1.84. The van der Waals surface area contributed by atoms with E-state index in [0.717, 1.165) is 12.2 Å². The molecule has 0 spiro atoms. The van der Waals surface area contributed by atoms with E-state index in [-0.39, 0.29) is 0 Å². The van der Waals surface area contributed by atoms with E-state index in [2.05, 4.69) is 0 Å². The number of carbonyl (C=O) groups is 1. The Morgan fingerprint density at radius 2 is 1.89 bits per heavy atom. The summed E-state index contributed by atoms with van der Waals surface area (Å²) >= 11 is 0. The standard InChI is InChI=1S/C4H9N3O2/c5-4(6,7)2-1-3(8)9/h1-2H,5-7H2,(H,8,9)/b2-1+. The quantitative estimate of drug-likeness (QED) is 0.259. The van der Waals surface area contributed by atoms with E-state index in [4.69, 9.17) is 22.3 Å². The van der Waals surface area contributed by atoms with Crippen LogP contribution in [-0.4, -0.2) is 16.9 Å². The molecule has 0 saturated heterocycles. The Hall–Kier alpha value is -0.910. The molecule has 0 bridgehead atoms. The molecular formula is C4H9N3O2. The Labute approximate surface area is 52.1 Å². The summed E-state index contributed by atoms with van der Waals surface area (Å²) in [5.74, 6) is -2.65. The van der Waals surface area contributed by atoms with E-state index < -0.39 is 11.8 Å². The van der Waals surface area contributed by atoms with Gasteiger partial charge in [0, 0.05) is 6.08 Å². The monoisotopic (exact) mass is 131 g/mol. The zero-order chi connectivity index (χ0) is 7.49. The van der Waals surface area contributed by atoms with Gasteiger partial charge in [0.05, 0.1) is 0 Å². The van der Waals surface area contributed by atoms with E-state index in [0.29, 0.717) is 0 Å². The van der Waals surface area contributed by atoms with Crippen molar-refractivity contribution in [2.24, 2.45) is 17.2 Å². The molecule has 0 aromatic rings. The van der Waals surface area contributed by atoms with Crippen molar-refractivity contribution in [1.82, 2.24) is 0 Å². The van der Waals surface area contributed by atoms with Gasteiger partial charge in [-0.2, -0.15) is 0 Å². The Kier molecular flexibility index (Phi) is 2.32. The fraction of sp³-hybridized carbons (Fsp3) is 0.250. The minimum atomic E-state index is -1.53. The topological polar surface area (TPSA) is 115 Å². The molecule has 0 heterocycles. The zero-order valence-electron chi connectivity index (χ0n) is 4.74. The number of carboxylic acid groups (broad SMARTS) is 1. The number of hydrogen-bond acceptors (Lipinski definition) is 4. The fourth-order valence-electron chi connectivity index (χ4n) is 0.216. The van der Waals surface area contributed by atoms with Crippen LogP contribution in [0.5, 0.6) is 0 Å². The molecule has 0 aromatic carbocycles. The van der Waals surface area contributed by atoms with Gasteiger partial charge in [-0.1, -0.05) is 0 Å². The molecule has 0 rings (SSSR count). The molecule has 0 aromatic heterocycles. The molecule has 0 radical (unpaired) electrons. The molecule has 0 aliphatic heterocycles. The first-order chi connectivity index (χ1) is 3.92. The van der Waals surface area contributed by atoms with Gasteiger partial charge in [-0.25, -0.2) is 4.79 Å². The normalized spacial score (nSPS) is 12.3. The molecule has 7 N–H and O–H groups in total. The molecule has 0 atom stereocenters. The van der Waals surface area contributed by atoms with Gasteiger partial charge in [0.1, 0.15) is 5.79 Å². The maximum absolute atomic E-state index is 9.79. The maximum atomic E-state index is 9.79. The summed E-state index contributed by atoms with van der Waals surface area (Å²) in [5, 5.41) is 8.02. The van der Waals surface area contributed by atoms with Crippen LogP contribution in [0.15, 0.2) is 12.2 Å². The summed E-state index contributed by atoms with van der Waals surface area (Å²) in [6, 6.07) is 0. The van der Waals surface area contributed by atoms with Crippen molar-refractivity contribution < 1.29 is 9.90 Å². The second-order valence-electron chi connectivity index (χ2n) is 1.67. The summed E-state index contributed by atoms with van der Waals surface area (Å²) in [5.41, 5.74) is 15.0. The number of carboxylic acids is 1. The number of aliphatic carboxylic acids is 1. The van der Waals surface area contributed by atoms with Gasteiger partial charge in [0.15, 0.2) is 0 Å². The van der Waals surface area contributed by atoms with Crippen LogP contribution in [-0.2, 0) is 4.79 Å². The molecule has 0 fully saturated rings. The highest BCUT2D eigenvalue weighted by atomic mass is 16.4. The Balaban J connectivity index is 3.86. The third kappa shape index (κ3) is 7.09. The maximum Gasteiger partial charge on any atom is 0.328 e.